The highest BCUT2D eigenvalue weighted by atomic mass is 16.7. The number of unbranched alkanes of at least 4 members (excludes halogenated alkanes) is 1. The standard InChI is InChI=1S/C11H20O8/c1-2-3-4-17-11(16)18-5-6-7(12)8(13)9(14)10(15)19-6/h6-10,12-15H,2-5H2,1H3/t6-,7-,8+,9-,10+/m1/s1. The number of hydrogen-bond acceptors (Lipinski definition) is 8. The van der Waals surface area contributed by atoms with Crippen LogP contribution in [0.25, 0.3) is 0 Å². The summed E-state index contributed by atoms with van der Waals surface area (Å²) in [6.45, 7) is 1.77. The van der Waals surface area contributed by atoms with Gasteiger partial charge in [-0.1, -0.05) is 13.3 Å². The van der Waals surface area contributed by atoms with Gasteiger partial charge in [0.1, 0.15) is 31.0 Å². The highest BCUT2D eigenvalue weighted by Crippen LogP contribution is 2.20. The summed E-state index contributed by atoms with van der Waals surface area (Å²) >= 11 is 0. The maximum Gasteiger partial charge on any atom is 0.508 e. The molecule has 112 valence electrons. The van der Waals surface area contributed by atoms with Crippen LogP contribution in [0.15, 0.2) is 0 Å². The van der Waals surface area contributed by atoms with Gasteiger partial charge in [-0.15, -0.1) is 0 Å². The predicted molar refractivity (Wildman–Crippen MR) is 61.1 cm³/mol. The van der Waals surface area contributed by atoms with Gasteiger partial charge in [-0.05, 0) is 6.42 Å². The summed E-state index contributed by atoms with van der Waals surface area (Å²) in [5, 5.41) is 37.5. The lowest BCUT2D eigenvalue weighted by Gasteiger charge is -2.37. The van der Waals surface area contributed by atoms with E-state index in [0.717, 1.165) is 6.42 Å². The Balaban J connectivity index is 2.34. The summed E-state index contributed by atoms with van der Waals surface area (Å²) in [5.74, 6) is 0. The van der Waals surface area contributed by atoms with Gasteiger partial charge in [0.05, 0.1) is 6.61 Å². The number of aliphatic hydroxyl groups excluding tert-OH is 4. The molecule has 0 amide bonds. The largest absolute Gasteiger partial charge is 0.508 e. The minimum Gasteiger partial charge on any atom is -0.434 e. The van der Waals surface area contributed by atoms with Crippen molar-refractivity contribution in [3.8, 4) is 0 Å². The molecule has 4 N–H and O–H groups in total. The van der Waals surface area contributed by atoms with Crippen molar-refractivity contribution in [2.45, 2.75) is 50.5 Å². The average molecular weight is 280 g/mol. The normalized spacial score (nSPS) is 34.9. The summed E-state index contributed by atoms with van der Waals surface area (Å²) in [6, 6.07) is 0. The Hall–Kier alpha value is -0.930. The van der Waals surface area contributed by atoms with Crippen molar-refractivity contribution >= 4 is 6.16 Å². The average Bonchev–Trinajstić information content (AvgIpc) is 2.39. The molecular formula is C11H20O8. The van der Waals surface area contributed by atoms with Gasteiger partial charge in [0.25, 0.3) is 0 Å². The molecule has 1 saturated heterocycles. The molecule has 0 saturated carbocycles. The summed E-state index contributed by atoms with van der Waals surface area (Å²) in [7, 11) is 0. The van der Waals surface area contributed by atoms with Crippen LogP contribution in [0.3, 0.4) is 0 Å². The van der Waals surface area contributed by atoms with Crippen molar-refractivity contribution in [2.75, 3.05) is 13.2 Å². The molecule has 0 aromatic carbocycles. The molecule has 5 atom stereocenters. The Morgan fingerprint density at radius 3 is 2.42 bits per heavy atom. The first-order valence-electron chi connectivity index (χ1n) is 6.14. The van der Waals surface area contributed by atoms with Crippen molar-refractivity contribution in [1.29, 1.82) is 0 Å². The first kappa shape index (κ1) is 16.1. The molecule has 0 aromatic heterocycles. The minimum absolute atomic E-state index is 0.230. The zero-order valence-corrected chi connectivity index (χ0v) is 10.6. The molecule has 19 heavy (non-hydrogen) atoms. The van der Waals surface area contributed by atoms with Crippen LogP contribution in [-0.2, 0) is 14.2 Å². The van der Waals surface area contributed by atoms with Gasteiger partial charge in [0.2, 0.25) is 0 Å². The van der Waals surface area contributed by atoms with Crippen molar-refractivity contribution in [3.05, 3.63) is 0 Å². The zero-order chi connectivity index (χ0) is 14.4. The zero-order valence-electron chi connectivity index (χ0n) is 10.6. The number of aliphatic hydroxyl groups is 4. The summed E-state index contributed by atoms with van der Waals surface area (Å²) < 4.78 is 14.2. The van der Waals surface area contributed by atoms with Crippen LogP contribution in [-0.4, -0.2) is 70.5 Å². The first-order chi connectivity index (χ1) is 8.97. The monoisotopic (exact) mass is 280 g/mol. The van der Waals surface area contributed by atoms with Gasteiger partial charge in [0, 0.05) is 0 Å². The fraction of sp³-hybridized carbons (Fsp3) is 0.909. The highest BCUT2D eigenvalue weighted by molar-refractivity contribution is 5.59. The smallest absolute Gasteiger partial charge is 0.434 e. The number of rotatable bonds is 5. The van der Waals surface area contributed by atoms with Crippen molar-refractivity contribution in [1.82, 2.24) is 0 Å². The molecule has 8 heteroatoms. The lowest BCUT2D eigenvalue weighted by atomic mass is 9.99. The van der Waals surface area contributed by atoms with Gasteiger partial charge < -0.3 is 34.6 Å². The lowest BCUT2D eigenvalue weighted by molar-refractivity contribution is -0.286. The molecular weight excluding hydrogens is 260 g/mol. The summed E-state index contributed by atoms with van der Waals surface area (Å²) in [6.07, 6.45) is -6.78. The second-order valence-electron chi connectivity index (χ2n) is 4.30. The van der Waals surface area contributed by atoms with Crippen LogP contribution < -0.4 is 0 Å². The van der Waals surface area contributed by atoms with Crippen LogP contribution in [0.2, 0.25) is 0 Å². The maximum atomic E-state index is 11.1. The molecule has 1 heterocycles. The molecule has 0 unspecified atom stereocenters. The van der Waals surface area contributed by atoms with E-state index in [1.165, 1.54) is 0 Å². The number of hydrogen-bond donors (Lipinski definition) is 4. The van der Waals surface area contributed by atoms with Gasteiger partial charge >= 0.3 is 6.16 Å². The number of carbonyl (C=O) groups excluding carboxylic acids is 1. The van der Waals surface area contributed by atoms with Crippen molar-refractivity contribution in [3.63, 3.8) is 0 Å². The maximum absolute atomic E-state index is 11.1. The topological polar surface area (TPSA) is 126 Å². The molecule has 8 nitrogen and oxygen atoms in total. The Bertz CT molecular complexity index is 284. The Kier molecular flexibility index (Phi) is 6.46. The predicted octanol–water partition coefficient (Wildman–Crippen LogP) is -1.26. The number of carbonyl (C=O) groups is 1. The Labute approximate surface area is 110 Å². The summed E-state index contributed by atoms with van der Waals surface area (Å²) in [4.78, 5) is 11.1. The van der Waals surface area contributed by atoms with E-state index in [0.29, 0.717) is 6.42 Å². The molecule has 1 aliphatic heterocycles. The second kappa shape index (κ2) is 7.61. The third-order valence-corrected chi connectivity index (χ3v) is 2.77. The Morgan fingerprint density at radius 1 is 1.11 bits per heavy atom. The van der Waals surface area contributed by atoms with Gasteiger partial charge in [-0.2, -0.15) is 0 Å². The molecule has 0 bridgehead atoms. The molecule has 0 radical (unpaired) electrons. The fourth-order valence-corrected chi connectivity index (χ4v) is 1.56. The third-order valence-electron chi connectivity index (χ3n) is 2.77. The van der Waals surface area contributed by atoms with Gasteiger partial charge in [-0.25, -0.2) is 4.79 Å². The minimum atomic E-state index is -1.65. The van der Waals surface area contributed by atoms with E-state index < -0.39 is 43.5 Å². The van der Waals surface area contributed by atoms with E-state index in [9.17, 15) is 25.2 Å². The first-order valence-corrected chi connectivity index (χ1v) is 6.14. The quantitative estimate of drug-likeness (QED) is 0.363. The third kappa shape index (κ3) is 4.59. The van der Waals surface area contributed by atoms with E-state index in [2.05, 4.69) is 4.74 Å². The van der Waals surface area contributed by atoms with Crippen molar-refractivity contribution in [2.24, 2.45) is 0 Å². The van der Waals surface area contributed by atoms with Crippen LogP contribution in [0.1, 0.15) is 19.8 Å². The van der Waals surface area contributed by atoms with E-state index in [4.69, 9.17) is 9.47 Å². The molecule has 1 fully saturated rings. The SMILES string of the molecule is CCCCOC(=O)OC[C@H]1O[C@H](O)[C@H](O)[C@@H](O)[C@@H]1O. The second-order valence-corrected chi connectivity index (χ2v) is 4.30. The molecule has 0 spiro atoms. The van der Waals surface area contributed by atoms with Gasteiger partial charge in [0.15, 0.2) is 6.29 Å². The highest BCUT2D eigenvalue weighted by Gasteiger charge is 2.43. The van der Waals surface area contributed by atoms with E-state index in [1.807, 2.05) is 6.92 Å². The summed E-state index contributed by atoms with van der Waals surface area (Å²) in [5.41, 5.74) is 0. The van der Waals surface area contributed by atoms with Crippen molar-refractivity contribution < 1.29 is 39.4 Å². The van der Waals surface area contributed by atoms with Crippen LogP contribution in [0, 0.1) is 0 Å². The fourth-order valence-electron chi connectivity index (χ4n) is 1.56. The van der Waals surface area contributed by atoms with E-state index in [-0.39, 0.29) is 6.61 Å². The molecule has 1 aliphatic rings. The van der Waals surface area contributed by atoms with Crippen LogP contribution in [0.4, 0.5) is 4.79 Å². The van der Waals surface area contributed by atoms with Gasteiger partial charge in [-0.3, -0.25) is 0 Å². The van der Waals surface area contributed by atoms with Crippen LogP contribution in [0.5, 0.6) is 0 Å². The van der Waals surface area contributed by atoms with E-state index in [1.54, 1.807) is 0 Å². The molecule has 0 aliphatic carbocycles. The number of ether oxygens (including phenoxy) is 3. The lowest BCUT2D eigenvalue weighted by Crippen LogP contribution is -2.58. The molecule has 0 aromatic rings. The molecule has 1 rings (SSSR count). The Morgan fingerprint density at radius 2 is 1.79 bits per heavy atom. The van der Waals surface area contributed by atoms with E-state index >= 15 is 0 Å². The van der Waals surface area contributed by atoms with Crippen LogP contribution >= 0.6 is 0 Å².